The van der Waals surface area contributed by atoms with Gasteiger partial charge in [-0.1, -0.05) is 25.5 Å². The maximum Gasteiger partial charge on any atom is 0.409 e. The predicted octanol–water partition coefficient (Wildman–Crippen LogP) is 2.70. The van der Waals surface area contributed by atoms with E-state index in [1.165, 1.54) is 5.57 Å². The number of carbonyl (C=O) groups excluding carboxylic acids is 1. The molecular formula is C22H38N2O6. The molecule has 1 amide bonds. The van der Waals surface area contributed by atoms with Crippen LogP contribution in [0.3, 0.4) is 0 Å². The molecule has 0 bridgehead atoms. The van der Waals surface area contributed by atoms with Crippen LogP contribution in [0, 0.1) is 11.8 Å². The molecule has 0 aromatic carbocycles. The first-order chi connectivity index (χ1) is 14.2. The smallest absolute Gasteiger partial charge is 0.409 e. The number of nitrogens with two attached hydrogens (primary N) is 1. The van der Waals surface area contributed by atoms with E-state index in [9.17, 15) is 4.79 Å². The number of amides is 1. The van der Waals surface area contributed by atoms with Crippen molar-refractivity contribution >= 4 is 6.09 Å². The van der Waals surface area contributed by atoms with E-state index in [4.69, 9.17) is 29.4 Å². The number of carbonyl (C=O) groups is 1. The molecule has 7 atom stereocenters. The maximum atomic E-state index is 12.6. The number of hydrogen-bond donors (Lipinski definition) is 2. The number of alkyl carbamates (subject to hydrolysis) is 1. The van der Waals surface area contributed by atoms with Crippen molar-refractivity contribution in [2.24, 2.45) is 17.6 Å². The lowest BCUT2D eigenvalue weighted by atomic mass is 9.68. The molecule has 3 rings (SSSR count). The van der Waals surface area contributed by atoms with Gasteiger partial charge in [0, 0.05) is 7.11 Å². The fourth-order valence-electron chi connectivity index (χ4n) is 4.86. The average molecular weight is 427 g/mol. The largest absolute Gasteiger partial charge is 0.443 e. The van der Waals surface area contributed by atoms with E-state index < -0.39 is 12.3 Å². The summed E-state index contributed by atoms with van der Waals surface area (Å²) in [6.45, 7) is 10.9. The van der Waals surface area contributed by atoms with E-state index in [1.807, 2.05) is 13.8 Å². The third kappa shape index (κ3) is 4.83. The maximum absolute atomic E-state index is 12.6. The lowest BCUT2D eigenvalue weighted by Gasteiger charge is -2.42. The SMILES string of the molecule is CO[C@H]1C([C@@]2(C)O[C@@H]2CC=C(C)C)[C@]2(CC[C@H]1OC(=O)N[C@@H](OCN)C(C)C)CO2. The number of epoxide rings is 2. The van der Waals surface area contributed by atoms with Crippen LogP contribution in [0.5, 0.6) is 0 Å². The minimum Gasteiger partial charge on any atom is -0.443 e. The summed E-state index contributed by atoms with van der Waals surface area (Å²) in [7, 11) is 1.67. The molecule has 172 valence electrons. The summed E-state index contributed by atoms with van der Waals surface area (Å²) in [6.07, 6.45) is 2.96. The minimum absolute atomic E-state index is 0.00157. The normalized spacial score (nSPS) is 38.3. The van der Waals surface area contributed by atoms with Crippen molar-refractivity contribution in [1.82, 2.24) is 5.32 Å². The highest BCUT2D eigenvalue weighted by Crippen LogP contribution is 2.59. The monoisotopic (exact) mass is 426 g/mol. The van der Waals surface area contributed by atoms with Crippen LogP contribution in [-0.2, 0) is 23.7 Å². The number of rotatable bonds is 9. The van der Waals surface area contributed by atoms with Gasteiger partial charge in [-0.05, 0) is 46.0 Å². The Morgan fingerprint density at radius 3 is 2.60 bits per heavy atom. The molecule has 2 aliphatic heterocycles. The molecule has 1 saturated carbocycles. The lowest BCUT2D eigenvalue weighted by Crippen LogP contribution is -2.56. The summed E-state index contributed by atoms with van der Waals surface area (Å²) in [4.78, 5) is 12.6. The van der Waals surface area contributed by atoms with Gasteiger partial charge in [-0.3, -0.25) is 5.32 Å². The van der Waals surface area contributed by atoms with E-state index in [2.05, 4.69) is 32.2 Å². The summed E-state index contributed by atoms with van der Waals surface area (Å²) in [6, 6.07) is 0. The molecule has 1 unspecified atom stereocenters. The quantitative estimate of drug-likeness (QED) is 0.331. The van der Waals surface area contributed by atoms with Crippen LogP contribution in [-0.4, -0.2) is 62.3 Å². The van der Waals surface area contributed by atoms with Crippen molar-refractivity contribution in [3.63, 3.8) is 0 Å². The molecule has 8 heteroatoms. The van der Waals surface area contributed by atoms with Gasteiger partial charge in [-0.15, -0.1) is 0 Å². The molecule has 3 fully saturated rings. The third-order valence-corrected chi connectivity index (χ3v) is 6.64. The van der Waals surface area contributed by atoms with Crippen molar-refractivity contribution in [1.29, 1.82) is 0 Å². The Kier molecular flexibility index (Phi) is 7.14. The van der Waals surface area contributed by atoms with Gasteiger partial charge in [-0.2, -0.15) is 0 Å². The molecule has 2 heterocycles. The highest BCUT2D eigenvalue weighted by atomic mass is 16.6. The molecule has 8 nitrogen and oxygen atoms in total. The summed E-state index contributed by atoms with van der Waals surface area (Å²) in [5.41, 5.74) is 6.15. The molecule has 2 saturated heterocycles. The van der Waals surface area contributed by atoms with Gasteiger partial charge in [0.2, 0.25) is 0 Å². The number of methoxy groups -OCH3 is 1. The molecule has 0 aromatic heterocycles. The number of nitrogens with one attached hydrogen (secondary N) is 1. The Hall–Kier alpha value is -1.19. The van der Waals surface area contributed by atoms with Crippen LogP contribution in [0.15, 0.2) is 11.6 Å². The molecule has 0 radical (unpaired) electrons. The Labute approximate surface area is 179 Å². The molecule has 0 aromatic rings. The van der Waals surface area contributed by atoms with Crippen molar-refractivity contribution in [3.8, 4) is 0 Å². The molecular weight excluding hydrogens is 388 g/mol. The summed E-state index contributed by atoms with van der Waals surface area (Å²) < 4.78 is 29.2. The minimum atomic E-state index is -0.524. The highest BCUT2D eigenvalue weighted by molar-refractivity contribution is 5.67. The van der Waals surface area contributed by atoms with Crippen LogP contribution in [0.2, 0.25) is 0 Å². The topological polar surface area (TPSA) is 108 Å². The zero-order valence-electron chi connectivity index (χ0n) is 19.1. The Bertz CT molecular complexity index is 646. The van der Waals surface area contributed by atoms with Gasteiger partial charge in [-0.25, -0.2) is 4.79 Å². The number of hydrogen-bond acceptors (Lipinski definition) is 7. The van der Waals surface area contributed by atoms with E-state index in [0.717, 1.165) is 12.8 Å². The average Bonchev–Trinajstić information content (AvgIpc) is 3.58. The predicted molar refractivity (Wildman–Crippen MR) is 112 cm³/mol. The summed E-state index contributed by atoms with van der Waals surface area (Å²) >= 11 is 0. The van der Waals surface area contributed by atoms with Crippen molar-refractivity contribution in [3.05, 3.63) is 11.6 Å². The van der Waals surface area contributed by atoms with Crippen LogP contribution >= 0.6 is 0 Å². The Balaban J connectivity index is 1.69. The fraction of sp³-hybridized carbons (Fsp3) is 0.864. The Morgan fingerprint density at radius 2 is 2.07 bits per heavy atom. The molecule has 3 aliphatic rings. The van der Waals surface area contributed by atoms with Crippen molar-refractivity contribution < 1.29 is 28.5 Å². The van der Waals surface area contributed by atoms with E-state index in [1.54, 1.807) is 7.11 Å². The standard InChI is InChI=1S/C22H38N2O6/c1-13(2)7-8-16-21(5,30-16)18-17(26-6)15(9-10-22(18)11-28-22)29-20(25)24-19(14(3)4)27-12-23/h7,14-19H,8-12,23H2,1-6H3,(H,24,25)/t15-,16-,17-,18?,19+,21+,22+/m1/s1. The number of allylic oxidation sites excluding steroid dienone is 1. The van der Waals surface area contributed by atoms with E-state index >= 15 is 0 Å². The second kappa shape index (κ2) is 9.12. The zero-order chi connectivity index (χ0) is 22.1. The van der Waals surface area contributed by atoms with Gasteiger partial charge < -0.3 is 29.4 Å². The second-order valence-electron chi connectivity index (χ2n) is 9.46. The summed E-state index contributed by atoms with van der Waals surface area (Å²) in [5, 5.41) is 2.77. The van der Waals surface area contributed by atoms with E-state index in [0.29, 0.717) is 13.0 Å². The van der Waals surface area contributed by atoms with Gasteiger partial charge >= 0.3 is 6.09 Å². The first kappa shape index (κ1) is 23.5. The van der Waals surface area contributed by atoms with Crippen molar-refractivity contribution in [2.45, 2.75) is 89.6 Å². The highest BCUT2D eigenvalue weighted by Gasteiger charge is 2.72. The second-order valence-corrected chi connectivity index (χ2v) is 9.46. The molecule has 30 heavy (non-hydrogen) atoms. The van der Waals surface area contributed by atoms with Crippen LogP contribution in [0.4, 0.5) is 4.79 Å². The number of ether oxygens (including phenoxy) is 5. The van der Waals surface area contributed by atoms with Gasteiger partial charge in [0.05, 0.1) is 25.4 Å². The van der Waals surface area contributed by atoms with Crippen LogP contribution in [0.25, 0.3) is 0 Å². The molecule has 1 spiro atoms. The van der Waals surface area contributed by atoms with Gasteiger partial charge in [0.15, 0.2) is 0 Å². The van der Waals surface area contributed by atoms with Crippen molar-refractivity contribution in [2.75, 3.05) is 20.4 Å². The summed E-state index contributed by atoms with van der Waals surface area (Å²) in [5.74, 6) is 0.0643. The Morgan fingerprint density at radius 1 is 1.37 bits per heavy atom. The third-order valence-electron chi connectivity index (χ3n) is 6.64. The lowest BCUT2D eigenvalue weighted by molar-refractivity contribution is -0.120. The zero-order valence-corrected chi connectivity index (χ0v) is 19.1. The first-order valence-electron chi connectivity index (χ1n) is 10.9. The molecule has 1 aliphatic carbocycles. The van der Waals surface area contributed by atoms with Gasteiger partial charge in [0.1, 0.15) is 29.6 Å². The molecule has 3 N–H and O–H groups in total. The van der Waals surface area contributed by atoms with Crippen LogP contribution in [0.1, 0.15) is 53.9 Å². The fourth-order valence-corrected chi connectivity index (χ4v) is 4.86. The van der Waals surface area contributed by atoms with Crippen LogP contribution < -0.4 is 11.1 Å². The van der Waals surface area contributed by atoms with Gasteiger partial charge in [0.25, 0.3) is 0 Å². The van der Waals surface area contributed by atoms with E-state index in [-0.39, 0.29) is 48.1 Å². The first-order valence-corrected chi connectivity index (χ1v) is 10.9.